The van der Waals surface area contributed by atoms with E-state index in [1.807, 2.05) is 35.2 Å². The van der Waals surface area contributed by atoms with Crippen LogP contribution in [0.5, 0.6) is 0 Å². The smallest absolute Gasteiger partial charge is 0.236 e. The van der Waals surface area contributed by atoms with Gasteiger partial charge in [-0.2, -0.15) is 0 Å². The molecule has 2 heterocycles. The first-order valence-corrected chi connectivity index (χ1v) is 11.6. The Morgan fingerprint density at radius 3 is 2.31 bits per heavy atom. The maximum Gasteiger partial charge on any atom is 0.236 e. The molecule has 2 saturated heterocycles. The summed E-state index contributed by atoms with van der Waals surface area (Å²) in [5.41, 5.74) is 0.846. The number of hydrogen-bond acceptors (Lipinski definition) is 3. The van der Waals surface area contributed by atoms with Crippen LogP contribution < -0.4 is 5.32 Å². The van der Waals surface area contributed by atoms with Crippen LogP contribution in [0.15, 0.2) is 30.3 Å². The van der Waals surface area contributed by atoms with Crippen molar-refractivity contribution in [3.05, 3.63) is 30.3 Å². The van der Waals surface area contributed by atoms with Gasteiger partial charge in [-0.15, -0.1) is 0 Å². The van der Waals surface area contributed by atoms with Crippen LogP contribution in [0.1, 0.15) is 57.8 Å². The van der Waals surface area contributed by atoms with E-state index in [0.29, 0.717) is 25.7 Å². The summed E-state index contributed by atoms with van der Waals surface area (Å²) in [5.74, 6) is 1.14. The number of para-hydroxylation sites is 1. The number of carbonyl (C=O) groups excluding carboxylic acids is 2. The predicted molar refractivity (Wildman–Crippen MR) is 116 cm³/mol. The van der Waals surface area contributed by atoms with Crippen molar-refractivity contribution in [1.82, 2.24) is 9.80 Å². The molecule has 1 atom stereocenters. The summed E-state index contributed by atoms with van der Waals surface area (Å²) in [7, 11) is 0. The third kappa shape index (κ3) is 5.19. The summed E-state index contributed by atoms with van der Waals surface area (Å²) in [6, 6.07) is 10.2. The fourth-order valence-corrected chi connectivity index (χ4v) is 5.53. The van der Waals surface area contributed by atoms with Gasteiger partial charge in [0.2, 0.25) is 11.8 Å². The average molecular weight is 398 g/mol. The zero-order valence-corrected chi connectivity index (χ0v) is 17.5. The van der Waals surface area contributed by atoms with Crippen molar-refractivity contribution in [3.8, 4) is 0 Å². The highest BCUT2D eigenvalue weighted by molar-refractivity contribution is 5.92. The van der Waals surface area contributed by atoms with Gasteiger partial charge >= 0.3 is 0 Å². The van der Waals surface area contributed by atoms with Crippen molar-refractivity contribution in [3.63, 3.8) is 0 Å². The van der Waals surface area contributed by atoms with Crippen LogP contribution in [0.2, 0.25) is 0 Å². The lowest BCUT2D eigenvalue weighted by Gasteiger charge is -2.36. The molecule has 0 bridgehead atoms. The maximum absolute atomic E-state index is 12.9. The summed E-state index contributed by atoms with van der Waals surface area (Å²) >= 11 is 0. The van der Waals surface area contributed by atoms with Crippen molar-refractivity contribution in [2.45, 2.75) is 63.8 Å². The van der Waals surface area contributed by atoms with E-state index >= 15 is 0 Å². The van der Waals surface area contributed by atoms with Crippen LogP contribution in [-0.4, -0.2) is 53.8 Å². The Morgan fingerprint density at radius 2 is 1.59 bits per heavy atom. The predicted octanol–water partition coefficient (Wildman–Crippen LogP) is 3.91. The molecule has 5 heteroatoms. The van der Waals surface area contributed by atoms with Gasteiger partial charge in [0.25, 0.3) is 0 Å². The van der Waals surface area contributed by atoms with Gasteiger partial charge in [0, 0.05) is 30.7 Å². The Kier molecular flexibility index (Phi) is 6.86. The summed E-state index contributed by atoms with van der Waals surface area (Å²) < 4.78 is 0. The Bertz CT molecular complexity index is 679. The molecule has 1 aliphatic carbocycles. The first kappa shape index (κ1) is 20.4. The molecular formula is C24H35N3O2. The fourth-order valence-electron chi connectivity index (χ4n) is 5.53. The lowest BCUT2D eigenvalue weighted by molar-refractivity contribution is -0.136. The highest BCUT2D eigenvalue weighted by Crippen LogP contribution is 2.34. The summed E-state index contributed by atoms with van der Waals surface area (Å²) in [4.78, 5) is 29.9. The third-order valence-electron chi connectivity index (χ3n) is 7.21. The second kappa shape index (κ2) is 9.75. The SMILES string of the molecule is O=C(Nc1ccccc1)C1CCN(C(=O)CN2CCC[C@H]2C2CCCCC2)CC1. The van der Waals surface area contributed by atoms with Gasteiger partial charge in [-0.05, 0) is 63.1 Å². The van der Waals surface area contributed by atoms with Gasteiger partial charge in [-0.3, -0.25) is 14.5 Å². The van der Waals surface area contributed by atoms with Crippen molar-refractivity contribution < 1.29 is 9.59 Å². The number of likely N-dealkylation sites (tertiary alicyclic amines) is 2. The number of benzene rings is 1. The topological polar surface area (TPSA) is 52.7 Å². The minimum absolute atomic E-state index is 0.000954. The number of anilines is 1. The summed E-state index contributed by atoms with van der Waals surface area (Å²) in [6.45, 7) is 3.05. The standard InChI is InChI=1S/C24H35N3O2/c28-23(18-27-15-7-12-22(27)19-8-3-1-4-9-19)26-16-13-20(14-17-26)24(29)25-21-10-5-2-6-11-21/h2,5-6,10-11,19-20,22H,1,3-4,7-9,12-18H2,(H,25,29)/t22-/m0/s1. The first-order valence-electron chi connectivity index (χ1n) is 11.6. The minimum atomic E-state index is 0.000954. The molecular weight excluding hydrogens is 362 g/mol. The molecule has 3 fully saturated rings. The molecule has 2 amide bonds. The Balaban J connectivity index is 1.24. The van der Waals surface area contributed by atoms with Crippen molar-refractivity contribution in [1.29, 1.82) is 0 Å². The van der Waals surface area contributed by atoms with Gasteiger partial charge in [-0.1, -0.05) is 37.5 Å². The second-order valence-electron chi connectivity index (χ2n) is 9.09. The molecule has 0 radical (unpaired) electrons. The van der Waals surface area contributed by atoms with Crippen LogP contribution in [0, 0.1) is 11.8 Å². The minimum Gasteiger partial charge on any atom is -0.342 e. The molecule has 1 aromatic rings. The first-order chi connectivity index (χ1) is 14.2. The molecule has 158 valence electrons. The van der Waals surface area contributed by atoms with Crippen LogP contribution in [0.3, 0.4) is 0 Å². The molecule has 1 aromatic carbocycles. The van der Waals surface area contributed by atoms with Crippen molar-refractivity contribution in [2.24, 2.45) is 11.8 Å². The van der Waals surface area contributed by atoms with Crippen molar-refractivity contribution in [2.75, 3.05) is 31.5 Å². The van der Waals surface area contributed by atoms with E-state index in [2.05, 4.69) is 10.2 Å². The Hall–Kier alpha value is -1.88. The number of nitrogens with zero attached hydrogens (tertiary/aromatic N) is 2. The van der Waals surface area contributed by atoms with Crippen molar-refractivity contribution >= 4 is 17.5 Å². The van der Waals surface area contributed by atoms with Gasteiger partial charge in [0.15, 0.2) is 0 Å². The monoisotopic (exact) mass is 397 g/mol. The van der Waals surface area contributed by atoms with Crippen LogP contribution in [-0.2, 0) is 9.59 Å². The molecule has 29 heavy (non-hydrogen) atoms. The molecule has 0 unspecified atom stereocenters. The van der Waals surface area contributed by atoms with E-state index in [0.717, 1.165) is 31.0 Å². The third-order valence-corrected chi connectivity index (χ3v) is 7.21. The van der Waals surface area contributed by atoms with E-state index in [1.54, 1.807) is 0 Å². The van der Waals surface area contributed by atoms with E-state index in [4.69, 9.17) is 0 Å². The van der Waals surface area contributed by atoms with Crippen LogP contribution in [0.4, 0.5) is 5.69 Å². The molecule has 1 N–H and O–H groups in total. The molecule has 5 nitrogen and oxygen atoms in total. The lowest BCUT2D eigenvalue weighted by Crippen LogP contribution is -2.47. The molecule has 0 spiro atoms. The Morgan fingerprint density at radius 1 is 0.862 bits per heavy atom. The zero-order chi connectivity index (χ0) is 20.1. The zero-order valence-electron chi connectivity index (χ0n) is 17.5. The highest BCUT2D eigenvalue weighted by atomic mass is 16.2. The molecule has 4 rings (SSSR count). The number of piperidine rings is 1. The van der Waals surface area contributed by atoms with Gasteiger partial charge in [0.05, 0.1) is 6.54 Å². The van der Waals surface area contributed by atoms with E-state index < -0.39 is 0 Å². The maximum atomic E-state index is 12.9. The van der Waals surface area contributed by atoms with E-state index in [-0.39, 0.29) is 17.7 Å². The van der Waals surface area contributed by atoms with Gasteiger partial charge < -0.3 is 10.2 Å². The van der Waals surface area contributed by atoms with Crippen LogP contribution >= 0.6 is 0 Å². The fraction of sp³-hybridized carbons (Fsp3) is 0.667. The second-order valence-corrected chi connectivity index (χ2v) is 9.09. The van der Waals surface area contributed by atoms with E-state index in [9.17, 15) is 9.59 Å². The number of rotatable bonds is 5. The lowest BCUT2D eigenvalue weighted by atomic mass is 9.83. The quantitative estimate of drug-likeness (QED) is 0.820. The number of carbonyl (C=O) groups is 2. The van der Waals surface area contributed by atoms with Gasteiger partial charge in [0.1, 0.15) is 0 Å². The Labute approximate surface area is 174 Å². The molecule has 1 saturated carbocycles. The molecule has 0 aromatic heterocycles. The largest absolute Gasteiger partial charge is 0.342 e. The van der Waals surface area contributed by atoms with Gasteiger partial charge in [-0.25, -0.2) is 0 Å². The number of nitrogens with one attached hydrogen (secondary N) is 1. The number of hydrogen-bond donors (Lipinski definition) is 1. The van der Waals surface area contributed by atoms with Crippen LogP contribution in [0.25, 0.3) is 0 Å². The number of amides is 2. The highest BCUT2D eigenvalue weighted by Gasteiger charge is 2.35. The molecule has 3 aliphatic rings. The summed E-state index contributed by atoms with van der Waals surface area (Å²) in [6.07, 6.45) is 10.8. The molecule has 2 aliphatic heterocycles. The normalized spacial score (nSPS) is 24.6. The average Bonchev–Trinajstić information content (AvgIpc) is 3.23. The summed E-state index contributed by atoms with van der Waals surface area (Å²) in [5, 5.41) is 3.01. The van der Waals surface area contributed by atoms with E-state index in [1.165, 1.54) is 44.9 Å².